The van der Waals surface area contributed by atoms with E-state index in [1.165, 1.54) is 0 Å². The number of rotatable bonds is 6. The van der Waals surface area contributed by atoms with Crippen LogP contribution in [0, 0.1) is 5.21 Å². The summed E-state index contributed by atoms with van der Waals surface area (Å²) < 4.78 is 5.37. The fourth-order valence-corrected chi connectivity index (χ4v) is 2.25. The van der Waals surface area contributed by atoms with Crippen LogP contribution in [0.2, 0.25) is 0 Å². The van der Waals surface area contributed by atoms with Gasteiger partial charge < -0.3 is 20.2 Å². The van der Waals surface area contributed by atoms with Gasteiger partial charge in [0.05, 0.1) is 5.10 Å². The highest BCUT2D eigenvalue weighted by Crippen LogP contribution is 2.10. The van der Waals surface area contributed by atoms with Crippen LogP contribution in [-0.4, -0.2) is 46.3 Å². The van der Waals surface area contributed by atoms with Gasteiger partial charge in [0.2, 0.25) is 0 Å². The van der Waals surface area contributed by atoms with Crippen molar-refractivity contribution in [3.8, 4) is 0 Å². The first-order valence-electron chi connectivity index (χ1n) is 8.38. The zero-order valence-corrected chi connectivity index (χ0v) is 15.2. The van der Waals surface area contributed by atoms with Gasteiger partial charge in [-0.15, -0.1) is 0 Å². The molecule has 0 fully saturated rings. The van der Waals surface area contributed by atoms with Gasteiger partial charge in [0.25, 0.3) is 11.5 Å². The van der Waals surface area contributed by atoms with Crippen LogP contribution in [0.15, 0.2) is 24.3 Å². The van der Waals surface area contributed by atoms with Crippen molar-refractivity contribution in [3.63, 3.8) is 0 Å². The summed E-state index contributed by atoms with van der Waals surface area (Å²) in [6, 6.07) is 7.02. The van der Waals surface area contributed by atoms with Crippen molar-refractivity contribution in [1.82, 2.24) is 15.0 Å². The van der Waals surface area contributed by atoms with Gasteiger partial charge in [0, 0.05) is 25.7 Å². The molecule has 1 aromatic heterocycles. The fraction of sp³-hybridized carbons (Fsp3) is 0.529. The van der Waals surface area contributed by atoms with Crippen molar-refractivity contribution in [2.45, 2.75) is 39.7 Å². The zero-order chi connectivity index (χ0) is 18.4. The molecule has 8 nitrogen and oxygen atoms in total. The molecule has 25 heavy (non-hydrogen) atoms. The van der Waals surface area contributed by atoms with Crippen LogP contribution in [-0.2, 0) is 4.74 Å². The predicted octanol–water partition coefficient (Wildman–Crippen LogP) is 2.32. The van der Waals surface area contributed by atoms with Gasteiger partial charge in [-0.05, 0) is 45.0 Å². The molecule has 0 aliphatic heterocycles. The third kappa shape index (κ3) is 5.44. The topological polar surface area (TPSA) is 94.3 Å². The molecule has 0 atom stereocenters. The molecule has 1 N–H and O–H groups in total. The molecule has 1 aromatic carbocycles. The van der Waals surface area contributed by atoms with E-state index in [9.17, 15) is 10.0 Å². The Balaban J connectivity index is 1.87. The number of nitrogens with one attached hydrogen (secondary N) is 1. The Morgan fingerprint density at radius 2 is 2.08 bits per heavy atom. The SMILES string of the molecule is CCN(CCCNc1nc2ccccc2[n+]([O-])n1)C(=O)OC(C)(C)C. The lowest BCUT2D eigenvalue weighted by atomic mass is 10.2. The molecule has 136 valence electrons. The van der Waals surface area contributed by atoms with Crippen LogP contribution in [0.1, 0.15) is 34.1 Å². The molecule has 0 bridgehead atoms. The highest BCUT2D eigenvalue weighted by atomic mass is 16.6. The molecule has 2 rings (SSSR count). The molecule has 0 unspecified atom stereocenters. The quantitative estimate of drug-likeness (QED) is 0.489. The smallest absolute Gasteiger partial charge is 0.410 e. The van der Waals surface area contributed by atoms with Gasteiger partial charge in [0.1, 0.15) is 11.1 Å². The van der Waals surface area contributed by atoms with E-state index in [4.69, 9.17) is 4.74 Å². The molecular weight excluding hydrogens is 322 g/mol. The summed E-state index contributed by atoms with van der Waals surface area (Å²) in [4.78, 5) is 18.6. The lowest BCUT2D eigenvalue weighted by Gasteiger charge is -2.26. The Morgan fingerprint density at radius 1 is 1.36 bits per heavy atom. The molecule has 1 heterocycles. The molecule has 0 spiro atoms. The van der Waals surface area contributed by atoms with Gasteiger partial charge in [0.15, 0.2) is 0 Å². The standard InChI is InChI=1S/C17H25N5O3/c1-5-21(16(23)25-17(2,3)4)12-8-11-18-15-19-13-9-6-7-10-14(13)22(24)20-15/h6-7,9-10H,5,8,11-12H2,1-4H3,(H,18,19,20). The Hall–Kier alpha value is -2.64. The van der Waals surface area contributed by atoms with E-state index in [2.05, 4.69) is 15.4 Å². The molecule has 0 radical (unpaired) electrons. The van der Waals surface area contributed by atoms with Crippen molar-refractivity contribution in [3.05, 3.63) is 29.5 Å². The van der Waals surface area contributed by atoms with E-state index in [-0.39, 0.29) is 12.0 Å². The van der Waals surface area contributed by atoms with Crippen LogP contribution in [0.3, 0.4) is 0 Å². The summed E-state index contributed by atoms with van der Waals surface area (Å²) in [5.41, 5.74) is 0.498. The van der Waals surface area contributed by atoms with E-state index >= 15 is 0 Å². The fourth-order valence-electron chi connectivity index (χ4n) is 2.25. The van der Waals surface area contributed by atoms with Crippen LogP contribution in [0.5, 0.6) is 0 Å². The number of para-hydroxylation sites is 2. The van der Waals surface area contributed by atoms with Crippen molar-refractivity contribution >= 4 is 23.1 Å². The molecule has 2 aromatic rings. The molecular formula is C17H25N5O3. The van der Waals surface area contributed by atoms with Crippen LogP contribution in [0.25, 0.3) is 11.0 Å². The Bertz CT molecular complexity index is 730. The predicted molar refractivity (Wildman–Crippen MR) is 95.1 cm³/mol. The summed E-state index contributed by atoms with van der Waals surface area (Å²) in [6.45, 7) is 9.09. The number of benzene rings is 1. The van der Waals surface area contributed by atoms with E-state index in [0.29, 0.717) is 41.9 Å². The van der Waals surface area contributed by atoms with Crippen LogP contribution < -0.4 is 10.2 Å². The summed E-state index contributed by atoms with van der Waals surface area (Å²) in [5, 5.41) is 18.7. The molecule has 0 saturated heterocycles. The van der Waals surface area contributed by atoms with Gasteiger partial charge in [-0.2, -0.15) is 0 Å². The summed E-state index contributed by atoms with van der Waals surface area (Å²) in [7, 11) is 0. The number of carbonyl (C=O) groups excluding carboxylic acids is 1. The Labute approximate surface area is 147 Å². The molecule has 1 amide bonds. The minimum atomic E-state index is -0.510. The number of amides is 1. The first-order valence-corrected chi connectivity index (χ1v) is 8.38. The normalized spacial score (nSPS) is 11.4. The number of carbonyl (C=O) groups is 1. The molecule has 0 saturated carbocycles. The lowest BCUT2D eigenvalue weighted by molar-refractivity contribution is -0.641. The summed E-state index contributed by atoms with van der Waals surface area (Å²) in [5.74, 6) is 0.272. The maximum Gasteiger partial charge on any atom is 0.410 e. The van der Waals surface area contributed by atoms with E-state index in [1.54, 1.807) is 23.1 Å². The van der Waals surface area contributed by atoms with E-state index in [1.807, 2.05) is 33.8 Å². The van der Waals surface area contributed by atoms with E-state index in [0.717, 1.165) is 0 Å². The molecule has 0 aliphatic rings. The van der Waals surface area contributed by atoms with Gasteiger partial charge in [-0.3, -0.25) is 0 Å². The van der Waals surface area contributed by atoms with Crippen molar-refractivity contribution in [1.29, 1.82) is 0 Å². The van der Waals surface area contributed by atoms with Crippen LogP contribution in [0.4, 0.5) is 10.7 Å². The second-order valence-corrected chi connectivity index (χ2v) is 6.64. The number of nitrogens with zero attached hydrogens (tertiary/aromatic N) is 4. The highest BCUT2D eigenvalue weighted by molar-refractivity contribution is 5.71. The van der Waals surface area contributed by atoms with E-state index < -0.39 is 5.60 Å². The number of fused-ring (bicyclic) bond motifs is 1. The van der Waals surface area contributed by atoms with Crippen LogP contribution >= 0.6 is 0 Å². The van der Waals surface area contributed by atoms with Crippen molar-refractivity contribution < 1.29 is 14.4 Å². The number of ether oxygens (including phenoxy) is 1. The monoisotopic (exact) mass is 347 g/mol. The van der Waals surface area contributed by atoms with Crippen molar-refractivity contribution in [2.75, 3.05) is 25.0 Å². The molecule has 8 heteroatoms. The second kappa shape index (κ2) is 7.96. The lowest BCUT2D eigenvalue weighted by Crippen LogP contribution is -2.38. The highest BCUT2D eigenvalue weighted by Gasteiger charge is 2.20. The zero-order valence-electron chi connectivity index (χ0n) is 15.2. The van der Waals surface area contributed by atoms with Gasteiger partial charge >= 0.3 is 6.09 Å². The van der Waals surface area contributed by atoms with Gasteiger partial charge in [-0.25, -0.2) is 9.78 Å². The average molecular weight is 347 g/mol. The first-order chi connectivity index (χ1) is 11.8. The summed E-state index contributed by atoms with van der Waals surface area (Å²) in [6.07, 6.45) is 0.358. The second-order valence-electron chi connectivity index (χ2n) is 6.64. The molecule has 0 aliphatic carbocycles. The number of hydrogen-bond donors (Lipinski definition) is 1. The number of anilines is 1. The third-order valence-corrected chi connectivity index (χ3v) is 3.42. The summed E-state index contributed by atoms with van der Waals surface area (Å²) >= 11 is 0. The van der Waals surface area contributed by atoms with Gasteiger partial charge in [-0.1, -0.05) is 12.1 Å². The van der Waals surface area contributed by atoms with Crippen molar-refractivity contribution in [2.24, 2.45) is 0 Å². The third-order valence-electron chi connectivity index (χ3n) is 3.42. The Kier molecular flexibility index (Phi) is 5.95. The maximum atomic E-state index is 12.1. The number of hydrogen-bond acceptors (Lipinski definition) is 6. The average Bonchev–Trinajstić information content (AvgIpc) is 2.53. The maximum absolute atomic E-state index is 12.1. The number of aromatic nitrogens is 3. The minimum absolute atomic E-state index is 0.272. The Morgan fingerprint density at radius 3 is 2.76 bits per heavy atom. The largest absolute Gasteiger partial charge is 0.594 e. The first kappa shape index (κ1) is 18.7. The minimum Gasteiger partial charge on any atom is -0.594 e.